The molecule has 0 N–H and O–H groups in total. The third-order valence-corrected chi connectivity index (χ3v) is 8.02. The fourth-order valence-electron chi connectivity index (χ4n) is 3.61. The van der Waals surface area contributed by atoms with Gasteiger partial charge in [0.15, 0.2) is 5.13 Å². The van der Waals surface area contributed by atoms with E-state index in [-0.39, 0.29) is 0 Å². The molecule has 0 unspecified atom stereocenters. The van der Waals surface area contributed by atoms with Crippen LogP contribution in [0.15, 0.2) is 28.6 Å². The van der Waals surface area contributed by atoms with Crippen molar-refractivity contribution in [2.75, 3.05) is 49.1 Å². The summed E-state index contributed by atoms with van der Waals surface area (Å²) >= 11 is 1.69. The molecule has 9 heteroatoms. The summed E-state index contributed by atoms with van der Waals surface area (Å²) in [6, 6.07) is 3.54. The van der Waals surface area contributed by atoms with Gasteiger partial charge in [-0.3, -0.25) is 0 Å². The summed E-state index contributed by atoms with van der Waals surface area (Å²) in [7, 11) is -3.40. The largest absolute Gasteiger partial charge is 0.355 e. The fraction of sp³-hybridized carbons (Fsp3) is 0.556. The Morgan fingerprint density at radius 3 is 2.37 bits per heavy atom. The van der Waals surface area contributed by atoms with Gasteiger partial charge in [0.2, 0.25) is 10.0 Å². The maximum absolute atomic E-state index is 12.6. The third kappa shape index (κ3) is 3.95. The Hall–Kier alpha value is -1.71. The number of aromatic nitrogens is 2. The quantitative estimate of drug-likeness (QED) is 0.775. The van der Waals surface area contributed by atoms with Crippen LogP contribution >= 0.6 is 11.3 Å². The molecule has 0 saturated carbocycles. The van der Waals surface area contributed by atoms with Gasteiger partial charge in [0, 0.05) is 50.8 Å². The molecule has 0 aliphatic carbocycles. The van der Waals surface area contributed by atoms with Crippen molar-refractivity contribution < 1.29 is 8.42 Å². The second kappa shape index (κ2) is 7.73. The Balaban J connectivity index is 1.44. The topological polar surface area (TPSA) is 69.6 Å². The molecular formula is C18H25N5O2S2. The van der Waals surface area contributed by atoms with Gasteiger partial charge in [0.05, 0.1) is 5.69 Å². The van der Waals surface area contributed by atoms with E-state index in [1.807, 2.05) is 13.0 Å². The lowest BCUT2D eigenvalue weighted by Crippen LogP contribution is -2.31. The Morgan fingerprint density at radius 1 is 0.963 bits per heavy atom. The molecule has 4 rings (SSSR count). The average Bonchev–Trinajstić information content (AvgIpc) is 3.30. The maximum atomic E-state index is 12.6. The summed E-state index contributed by atoms with van der Waals surface area (Å²) in [4.78, 5) is 13.9. The van der Waals surface area contributed by atoms with Crippen molar-refractivity contribution >= 4 is 32.3 Å². The molecule has 0 radical (unpaired) electrons. The number of rotatable bonds is 4. The van der Waals surface area contributed by atoms with Gasteiger partial charge in [-0.05, 0) is 38.3 Å². The lowest BCUT2D eigenvalue weighted by atomic mass is 10.3. The van der Waals surface area contributed by atoms with Crippen LogP contribution in [0.2, 0.25) is 0 Å². The van der Waals surface area contributed by atoms with E-state index in [1.165, 1.54) is 6.20 Å². The van der Waals surface area contributed by atoms with Crippen molar-refractivity contribution in [3.05, 3.63) is 29.4 Å². The van der Waals surface area contributed by atoms with Gasteiger partial charge in [-0.2, -0.15) is 4.31 Å². The third-order valence-electron chi connectivity index (χ3n) is 5.12. The van der Waals surface area contributed by atoms with Gasteiger partial charge in [0.1, 0.15) is 10.7 Å². The van der Waals surface area contributed by atoms with E-state index in [9.17, 15) is 8.42 Å². The monoisotopic (exact) mass is 407 g/mol. The number of thiazole rings is 1. The molecule has 0 spiro atoms. The summed E-state index contributed by atoms with van der Waals surface area (Å²) in [5.41, 5.74) is 1.06. The number of hydrogen-bond donors (Lipinski definition) is 0. The Kier molecular flexibility index (Phi) is 5.34. The number of nitrogens with zero attached hydrogens (tertiary/aromatic N) is 5. The second-order valence-electron chi connectivity index (χ2n) is 7.06. The van der Waals surface area contributed by atoms with Gasteiger partial charge in [0.25, 0.3) is 0 Å². The first-order valence-corrected chi connectivity index (χ1v) is 11.7. The molecular weight excluding hydrogens is 382 g/mol. The van der Waals surface area contributed by atoms with Crippen LogP contribution in [0.1, 0.15) is 25.0 Å². The van der Waals surface area contributed by atoms with Gasteiger partial charge >= 0.3 is 0 Å². The van der Waals surface area contributed by atoms with Crippen LogP contribution in [0.3, 0.4) is 0 Å². The van der Waals surface area contributed by atoms with Gasteiger partial charge < -0.3 is 9.80 Å². The van der Waals surface area contributed by atoms with Gasteiger partial charge in [-0.25, -0.2) is 18.4 Å². The number of anilines is 2. The lowest BCUT2D eigenvalue weighted by Gasteiger charge is -2.23. The zero-order valence-corrected chi connectivity index (χ0v) is 17.2. The van der Waals surface area contributed by atoms with Crippen LogP contribution in [-0.2, 0) is 10.0 Å². The van der Waals surface area contributed by atoms with Gasteiger partial charge in [-0.1, -0.05) is 0 Å². The summed E-state index contributed by atoms with van der Waals surface area (Å²) in [6.07, 6.45) is 4.41. The van der Waals surface area contributed by atoms with E-state index in [2.05, 4.69) is 25.1 Å². The van der Waals surface area contributed by atoms with Crippen LogP contribution in [-0.4, -0.2) is 62.0 Å². The van der Waals surface area contributed by atoms with E-state index in [0.29, 0.717) is 18.0 Å². The molecule has 4 heterocycles. The molecule has 0 amide bonds. The average molecular weight is 408 g/mol. The van der Waals surface area contributed by atoms with Gasteiger partial charge in [-0.15, -0.1) is 11.3 Å². The van der Waals surface area contributed by atoms with E-state index in [4.69, 9.17) is 0 Å². The first-order valence-electron chi connectivity index (χ1n) is 9.42. The zero-order chi connectivity index (χ0) is 18.9. The first-order chi connectivity index (χ1) is 13.0. The lowest BCUT2D eigenvalue weighted by molar-refractivity contribution is 0.477. The minimum atomic E-state index is -3.40. The molecule has 2 aliphatic heterocycles. The maximum Gasteiger partial charge on any atom is 0.244 e. The highest BCUT2D eigenvalue weighted by Gasteiger charge is 2.27. The van der Waals surface area contributed by atoms with Crippen molar-refractivity contribution in [2.45, 2.75) is 31.1 Å². The molecule has 2 aromatic heterocycles. The van der Waals surface area contributed by atoms with Crippen LogP contribution in [0.5, 0.6) is 0 Å². The standard InChI is InChI=1S/C18H25N5O2S2/c1-15-14-26-18(20-15)22-8-4-7-21(11-12-22)17-6-5-16(13-19-17)27(24,25)23-9-2-3-10-23/h5-6,13-14H,2-4,7-12H2,1H3. The molecule has 0 bridgehead atoms. The molecule has 0 aromatic carbocycles. The summed E-state index contributed by atoms with van der Waals surface area (Å²) in [5.74, 6) is 0.840. The molecule has 27 heavy (non-hydrogen) atoms. The molecule has 2 saturated heterocycles. The Labute approximate surface area is 164 Å². The summed E-state index contributed by atoms with van der Waals surface area (Å²) < 4.78 is 26.8. The van der Waals surface area contributed by atoms with Crippen LogP contribution in [0.4, 0.5) is 10.9 Å². The minimum Gasteiger partial charge on any atom is -0.355 e. The van der Waals surface area contributed by atoms with Crippen molar-refractivity contribution in [1.29, 1.82) is 0 Å². The highest BCUT2D eigenvalue weighted by molar-refractivity contribution is 7.89. The number of sulfonamides is 1. The van der Waals surface area contributed by atoms with Crippen LogP contribution in [0.25, 0.3) is 0 Å². The highest BCUT2D eigenvalue weighted by atomic mass is 32.2. The normalized spacial score (nSPS) is 19.4. The number of hydrogen-bond acceptors (Lipinski definition) is 7. The fourth-order valence-corrected chi connectivity index (χ4v) is 5.93. The van der Waals surface area contributed by atoms with Crippen molar-refractivity contribution in [3.63, 3.8) is 0 Å². The van der Waals surface area contributed by atoms with Crippen molar-refractivity contribution in [3.8, 4) is 0 Å². The second-order valence-corrected chi connectivity index (χ2v) is 9.84. The molecule has 2 fully saturated rings. The van der Waals surface area contributed by atoms with Crippen molar-refractivity contribution in [2.24, 2.45) is 0 Å². The van der Waals surface area contributed by atoms with E-state index in [1.54, 1.807) is 21.7 Å². The zero-order valence-electron chi connectivity index (χ0n) is 15.5. The summed E-state index contributed by atoms with van der Waals surface area (Å²) in [6.45, 7) is 6.87. The van der Waals surface area contributed by atoms with E-state index in [0.717, 1.165) is 62.1 Å². The Bertz CT molecular complexity index is 875. The highest BCUT2D eigenvalue weighted by Crippen LogP contribution is 2.24. The smallest absolute Gasteiger partial charge is 0.244 e. The molecule has 0 atom stereocenters. The molecule has 7 nitrogen and oxygen atoms in total. The number of aryl methyl sites for hydroxylation is 1. The summed E-state index contributed by atoms with van der Waals surface area (Å²) in [5, 5.41) is 3.16. The predicted molar refractivity (Wildman–Crippen MR) is 108 cm³/mol. The van der Waals surface area contributed by atoms with E-state index < -0.39 is 10.0 Å². The number of pyridine rings is 1. The molecule has 2 aromatic rings. The predicted octanol–water partition coefficient (Wildman–Crippen LogP) is 2.35. The molecule has 146 valence electrons. The molecule has 2 aliphatic rings. The SMILES string of the molecule is Cc1csc(N2CCCN(c3ccc(S(=O)(=O)N4CCCC4)cn3)CC2)n1. The van der Waals surface area contributed by atoms with Crippen molar-refractivity contribution in [1.82, 2.24) is 14.3 Å². The van der Waals surface area contributed by atoms with Crippen LogP contribution in [0, 0.1) is 6.92 Å². The van der Waals surface area contributed by atoms with E-state index >= 15 is 0 Å². The first kappa shape index (κ1) is 18.6. The van der Waals surface area contributed by atoms with Crippen LogP contribution < -0.4 is 9.80 Å². The minimum absolute atomic E-state index is 0.294. The Morgan fingerprint density at radius 2 is 1.70 bits per heavy atom.